The van der Waals surface area contributed by atoms with Gasteiger partial charge in [-0.15, -0.1) is 0 Å². The van der Waals surface area contributed by atoms with Crippen LogP contribution in [0.1, 0.15) is 51.0 Å². The number of hydrogen-bond donors (Lipinski definition) is 5. The lowest BCUT2D eigenvalue weighted by Crippen LogP contribution is -2.42. The lowest BCUT2D eigenvalue weighted by atomic mass is 9.72. The van der Waals surface area contributed by atoms with E-state index in [2.05, 4.69) is 5.32 Å². The third kappa shape index (κ3) is 9.00. The Morgan fingerprint density at radius 3 is 2.21 bits per heavy atom. The van der Waals surface area contributed by atoms with Crippen LogP contribution in [0.2, 0.25) is 0 Å². The first-order valence-corrected chi connectivity index (χ1v) is 19.6. The van der Waals surface area contributed by atoms with E-state index in [1.54, 1.807) is 24.4 Å². The van der Waals surface area contributed by atoms with Gasteiger partial charge in [0, 0.05) is 41.3 Å². The third-order valence-electron chi connectivity index (χ3n) is 8.41. The van der Waals surface area contributed by atoms with E-state index in [9.17, 15) is 43.7 Å². The van der Waals surface area contributed by atoms with Gasteiger partial charge in [0.25, 0.3) is 30.4 Å². The van der Waals surface area contributed by atoms with E-state index >= 15 is 0 Å². The molecule has 16 heteroatoms. The lowest BCUT2D eigenvalue weighted by Gasteiger charge is -2.35. The van der Waals surface area contributed by atoms with Crippen molar-refractivity contribution in [3.63, 3.8) is 0 Å². The van der Waals surface area contributed by atoms with E-state index in [1.807, 2.05) is 48.2 Å². The fourth-order valence-electron chi connectivity index (χ4n) is 6.32. The van der Waals surface area contributed by atoms with E-state index in [4.69, 9.17) is 5.11 Å². The number of fused-ring (bicyclic) bond motifs is 3. The quantitative estimate of drug-likeness (QED) is 0.0724. The summed E-state index contributed by atoms with van der Waals surface area (Å²) in [5, 5.41) is 12.4. The van der Waals surface area contributed by atoms with Crippen molar-refractivity contribution in [1.82, 2.24) is 0 Å². The van der Waals surface area contributed by atoms with Gasteiger partial charge < -0.3 is 15.3 Å². The number of carbonyl (C=O) groups is 1. The van der Waals surface area contributed by atoms with E-state index in [-0.39, 0.29) is 30.2 Å². The molecule has 0 bridgehead atoms. The predicted molar refractivity (Wildman–Crippen MR) is 182 cm³/mol. The highest BCUT2D eigenvalue weighted by Crippen LogP contribution is 2.52. The fourth-order valence-corrected chi connectivity index (χ4v) is 8.16. The molecule has 0 fully saturated rings. The molecule has 1 aliphatic heterocycles. The van der Waals surface area contributed by atoms with Gasteiger partial charge in [-0.05, 0) is 66.6 Å². The molecule has 0 saturated carbocycles. The van der Waals surface area contributed by atoms with Crippen molar-refractivity contribution in [2.75, 3.05) is 22.5 Å². The molecule has 2 unspecified atom stereocenters. The molecule has 4 rings (SSSR count). The van der Waals surface area contributed by atoms with Gasteiger partial charge in [-0.25, -0.2) is 0 Å². The molecule has 0 saturated heterocycles. The van der Waals surface area contributed by atoms with Crippen molar-refractivity contribution in [2.24, 2.45) is 0 Å². The van der Waals surface area contributed by atoms with Crippen molar-refractivity contribution in [1.29, 1.82) is 0 Å². The van der Waals surface area contributed by atoms with E-state index in [0.29, 0.717) is 43.0 Å². The summed E-state index contributed by atoms with van der Waals surface area (Å²) in [6.45, 7) is 2.01. The predicted octanol–water partition coefficient (Wildman–Crippen LogP) is 5.27. The highest BCUT2D eigenvalue weighted by atomic mass is 32.2. The molecule has 0 aromatic heterocycles. The first kappa shape index (κ1) is 37.0. The number of hydrogen-bond acceptors (Lipinski definition) is 9. The molecule has 5 N–H and O–H groups in total. The SMILES string of the molecule is CC1(CCCCCC(=O)O)c2c(ccc3c(S(=O)(=O)O)cc(S(=O)(=O)O)cc23)N(CCCS(=O)(=O)O)C1/C=C/C=C/Nc1ccccc1. The van der Waals surface area contributed by atoms with Crippen LogP contribution in [0.4, 0.5) is 11.4 Å². The van der Waals surface area contributed by atoms with E-state index < -0.39 is 63.3 Å². The minimum absolute atomic E-state index is 0.00947. The number of anilines is 2. The second kappa shape index (κ2) is 14.8. The Labute approximate surface area is 280 Å². The zero-order valence-electron chi connectivity index (χ0n) is 26.1. The maximum absolute atomic E-state index is 12.5. The average Bonchev–Trinajstić information content (AvgIpc) is 3.22. The van der Waals surface area contributed by atoms with Crippen molar-refractivity contribution in [3.05, 3.63) is 84.6 Å². The van der Waals surface area contributed by atoms with Crippen LogP contribution in [0, 0.1) is 0 Å². The zero-order chi connectivity index (χ0) is 35.3. The molecule has 0 amide bonds. The van der Waals surface area contributed by atoms with E-state index in [0.717, 1.165) is 11.8 Å². The second-order valence-electron chi connectivity index (χ2n) is 11.8. The molecule has 0 radical (unpaired) electrons. The number of benzene rings is 3. The van der Waals surface area contributed by atoms with Crippen LogP contribution in [0.5, 0.6) is 0 Å². The van der Waals surface area contributed by atoms with Crippen molar-refractivity contribution < 1.29 is 48.8 Å². The molecule has 13 nitrogen and oxygen atoms in total. The first-order valence-electron chi connectivity index (χ1n) is 15.1. The molecule has 1 aliphatic rings. The Morgan fingerprint density at radius 2 is 1.58 bits per heavy atom. The smallest absolute Gasteiger partial charge is 0.303 e. The molecule has 3 aromatic rings. The van der Waals surface area contributed by atoms with Crippen LogP contribution < -0.4 is 10.2 Å². The second-order valence-corrected chi connectivity index (χ2v) is 16.2. The summed E-state index contributed by atoms with van der Waals surface area (Å²) in [7, 11) is -14.2. The summed E-state index contributed by atoms with van der Waals surface area (Å²) >= 11 is 0. The number of para-hydroxylation sites is 1. The molecule has 260 valence electrons. The van der Waals surface area contributed by atoms with Crippen molar-refractivity contribution in [2.45, 2.75) is 66.7 Å². The molecule has 48 heavy (non-hydrogen) atoms. The number of aliphatic carboxylic acids is 1. The van der Waals surface area contributed by atoms with Crippen LogP contribution in [-0.4, -0.2) is 68.3 Å². The standard InChI is InChI=1S/C32H38N2O11S3/c1-32(17-8-3-6-14-30(35)36)29(13-7-9-18-33-23-11-4-2-5-12-23)34(19-10-20-46(37,38)39)27-16-15-25-26(31(27)32)21-24(47(40,41)42)22-28(25)48(43,44)45/h2,4-5,7,9,11-13,15-16,18,21-22,29,33H,3,6,8,10,14,17,19-20H2,1H3,(H,35,36)(H,37,38,39)(H,40,41,42)(H,43,44,45)/b13-7+,18-9+. The Morgan fingerprint density at radius 1 is 0.875 bits per heavy atom. The Hall–Kier alpha value is -3.80. The summed E-state index contributed by atoms with van der Waals surface area (Å²) in [6, 6.07) is 13.7. The van der Waals surface area contributed by atoms with Gasteiger partial charge in [0.05, 0.1) is 16.7 Å². The Kier molecular flexibility index (Phi) is 11.4. The number of nitrogens with zero attached hydrogens (tertiary/aromatic N) is 1. The number of allylic oxidation sites excluding steroid dienone is 2. The van der Waals surface area contributed by atoms with Gasteiger partial charge >= 0.3 is 5.97 Å². The van der Waals surface area contributed by atoms with Crippen LogP contribution in [0.15, 0.2) is 88.8 Å². The fraction of sp³-hybridized carbons (Fsp3) is 0.344. The molecule has 0 spiro atoms. The number of nitrogens with one attached hydrogen (secondary N) is 1. The molecule has 0 aliphatic carbocycles. The number of carboxylic acids is 1. The van der Waals surface area contributed by atoms with Gasteiger partial charge in [-0.2, -0.15) is 25.3 Å². The van der Waals surface area contributed by atoms with Crippen molar-refractivity contribution >= 4 is 58.5 Å². The lowest BCUT2D eigenvalue weighted by molar-refractivity contribution is -0.137. The number of unbranched alkanes of at least 4 members (excludes halogenated alkanes) is 2. The van der Waals surface area contributed by atoms with Crippen LogP contribution in [0.3, 0.4) is 0 Å². The summed E-state index contributed by atoms with van der Waals surface area (Å²) in [5.74, 6) is -1.47. The number of carboxylic acid groups (broad SMARTS) is 1. The van der Waals surface area contributed by atoms with E-state index in [1.165, 1.54) is 6.07 Å². The topological polar surface area (TPSA) is 216 Å². The third-order valence-corrected chi connectivity index (χ3v) is 10.9. The first-order chi connectivity index (χ1) is 22.4. The van der Waals surface area contributed by atoms with Gasteiger partial charge in [-0.3, -0.25) is 18.5 Å². The minimum atomic E-state index is -4.97. The average molecular weight is 723 g/mol. The molecule has 1 heterocycles. The summed E-state index contributed by atoms with van der Waals surface area (Å²) in [4.78, 5) is 11.5. The van der Waals surface area contributed by atoms with Gasteiger partial charge in [-0.1, -0.05) is 56.2 Å². The molecular weight excluding hydrogens is 685 g/mol. The van der Waals surface area contributed by atoms with Crippen LogP contribution in [0.25, 0.3) is 10.8 Å². The Bertz CT molecular complexity index is 2050. The monoisotopic (exact) mass is 722 g/mol. The van der Waals surface area contributed by atoms with Crippen LogP contribution in [-0.2, 0) is 40.6 Å². The van der Waals surface area contributed by atoms with Crippen molar-refractivity contribution in [3.8, 4) is 0 Å². The summed E-state index contributed by atoms with van der Waals surface area (Å²) < 4.78 is 102. The largest absolute Gasteiger partial charge is 0.481 e. The van der Waals surface area contributed by atoms with Gasteiger partial charge in [0.15, 0.2) is 0 Å². The maximum atomic E-state index is 12.5. The summed E-state index contributed by atoms with van der Waals surface area (Å²) in [5.41, 5.74) is 0.966. The highest BCUT2D eigenvalue weighted by Gasteiger charge is 2.47. The van der Waals surface area contributed by atoms with Gasteiger partial charge in [0.1, 0.15) is 4.90 Å². The minimum Gasteiger partial charge on any atom is -0.481 e. The zero-order valence-corrected chi connectivity index (χ0v) is 28.5. The molecular formula is C32H38N2O11S3. The molecule has 2 atom stereocenters. The normalized spacial score (nSPS) is 18.6. The van der Waals surface area contributed by atoms with Gasteiger partial charge in [0.2, 0.25) is 0 Å². The molecule has 3 aromatic carbocycles. The summed E-state index contributed by atoms with van der Waals surface area (Å²) in [6.07, 6.45) is 8.98. The number of rotatable bonds is 16. The maximum Gasteiger partial charge on any atom is 0.303 e. The Balaban J connectivity index is 1.90. The highest BCUT2D eigenvalue weighted by molar-refractivity contribution is 7.87. The van der Waals surface area contributed by atoms with Crippen LogP contribution >= 0.6 is 0 Å².